The number of alkyl halides is 3. The first-order valence-corrected chi connectivity index (χ1v) is 3.57. The molecule has 7 heteroatoms. The third kappa shape index (κ3) is 4.17. The molecule has 0 aliphatic heterocycles. The van der Waals surface area contributed by atoms with Gasteiger partial charge in [0.05, 0.1) is 12.1 Å². The lowest BCUT2D eigenvalue weighted by atomic mass is 10.2. The Kier molecular flexibility index (Phi) is 6.78. The van der Waals surface area contributed by atoms with Gasteiger partial charge in [0, 0.05) is 5.02 Å². The summed E-state index contributed by atoms with van der Waals surface area (Å²) in [6, 6.07) is 3.05. The summed E-state index contributed by atoms with van der Waals surface area (Å²) in [5.41, 5.74) is -1.42. The molecule has 1 nitrogen and oxygen atoms in total. The summed E-state index contributed by atoms with van der Waals surface area (Å²) < 4.78 is 36.6. The van der Waals surface area contributed by atoms with Crippen molar-refractivity contribution in [1.82, 2.24) is 0 Å². The topological polar surface area (TPSA) is 4.36 Å². The van der Waals surface area contributed by atoms with E-state index in [2.05, 4.69) is 4.85 Å². The summed E-state index contributed by atoms with van der Waals surface area (Å²) in [6.45, 7) is 6.52. The molecule has 1 aromatic rings. The third-order valence-corrected chi connectivity index (χ3v) is 1.62. The summed E-state index contributed by atoms with van der Waals surface area (Å²) in [7, 11) is 0. The van der Waals surface area contributed by atoms with Gasteiger partial charge in [0.15, 0.2) is 5.69 Å². The Morgan fingerprint density at radius 2 is 1.73 bits per heavy atom. The van der Waals surface area contributed by atoms with E-state index >= 15 is 0 Å². The second-order valence-corrected chi connectivity index (χ2v) is 2.71. The molecule has 0 heterocycles. The summed E-state index contributed by atoms with van der Waals surface area (Å²) in [6.07, 6.45) is -4.52. The molecular formula is C8H3Cl3F3N-2. The largest absolute Gasteiger partial charge is 1.00 e. The van der Waals surface area contributed by atoms with Crippen LogP contribution in [0.2, 0.25) is 5.02 Å². The number of halogens is 6. The average Bonchev–Trinajstić information content (AvgIpc) is 2.03. The molecule has 0 aromatic heterocycles. The fourth-order valence-corrected chi connectivity index (χ4v) is 1.00. The normalized spacial score (nSPS) is 9.53. The molecule has 0 bridgehead atoms. The molecule has 84 valence electrons. The Morgan fingerprint density at radius 1 is 1.20 bits per heavy atom. The van der Waals surface area contributed by atoms with Crippen LogP contribution in [0.1, 0.15) is 5.56 Å². The van der Waals surface area contributed by atoms with Gasteiger partial charge < -0.3 is 24.8 Å². The van der Waals surface area contributed by atoms with Gasteiger partial charge >= 0.3 is 6.18 Å². The van der Waals surface area contributed by atoms with E-state index in [-0.39, 0.29) is 29.8 Å². The van der Waals surface area contributed by atoms with Crippen LogP contribution in [0.5, 0.6) is 0 Å². The molecule has 0 saturated heterocycles. The highest BCUT2D eigenvalue weighted by Crippen LogP contribution is 2.37. The third-order valence-electron chi connectivity index (χ3n) is 1.38. The highest BCUT2D eigenvalue weighted by atomic mass is 35.5. The van der Waals surface area contributed by atoms with E-state index in [0.717, 1.165) is 12.1 Å². The summed E-state index contributed by atoms with van der Waals surface area (Å²) in [4.78, 5) is 2.75. The summed E-state index contributed by atoms with van der Waals surface area (Å²) in [5.74, 6) is 0. The fraction of sp³-hybridized carbons (Fsp3) is 0.125. The quantitative estimate of drug-likeness (QED) is 0.479. The van der Waals surface area contributed by atoms with Crippen molar-refractivity contribution in [2.75, 3.05) is 0 Å². The second-order valence-electron chi connectivity index (χ2n) is 2.27. The number of hydrogen-bond acceptors (Lipinski definition) is 0. The van der Waals surface area contributed by atoms with Gasteiger partial charge in [-0.25, -0.2) is 4.85 Å². The summed E-state index contributed by atoms with van der Waals surface area (Å²) in [5, 5.41) is -0.0280. The second kappa shape index (κ2) is 6.06. The molecule has 0 aliphatic rings. The lowest BCUT2D eigenvalue weighted by Crippen LogP contribution is -3.00. The molecule has 0 saturated carbocycles. The molecule has 1 rings (SSSR count). The van der Waals surface area contributed by atoms with E-state index in [1.807, 2.05) is 0 Å². The standard InChI is InChI=1S/C8H3ClF3N.2ClH/c1-13-7-3-2-5(9)4-6(7)8(10,11)12;;/h2-4H;2*1H/p-2. The maximum atomic E-state index is 12.2. The molecule has 0 aliphatic carbocycles. The Balaban J connectivity index is 0. The first-order chi connectivity index (χ1) is 5.95. The van der Waals surface area contributed by atoms with Crippen molar-refractivity contribution in [3.63, 3.8) is 0 Å². The Hall–Kier alpha value is -0.630. The lowest BCUT2D eigenvalue weighted by molar-refractivity contribution is -0.136. The Labute approximate surface area is 102 Å². The summed E-state index contributed by atoms with van der Waals surface area (Å²) >= 11 is 5.38. The van der Waals surface area contributed by atoms with Crippen molar-refractivity contribution < 1.29 is 38.0 Å². The van der Waals surface area contributed by atoms with Gasteiger partial charge in [-0.05, 0) is 6.07 Å². The van der Waals surface area contributed by atoms with Gasteiger partial charge in [0.1, 0.15) is 0 Å². The van der Waals surface area contributed by atoms with Crippen molar-refractivity contribution in [2.24, 2.45) is 0 Å². The molecule has 15 heavy (non-hydrogen) atoms. The van der Waals surface area contributed by atoms with Crippen molar-refractivity contribution in [3.05, 3.63) is 40.2 Å². The molecule has 0 radical (unpaired) electrons. The van der Waals surface area contributed by atoms with Crippen molar-refractivity contribution in [1.29, 1.82) is 0 Å². The highest BCUT2D eigenvalue weighted by Gasteiger charge is 2.33. The predicted octanol–water partition coefficient (Wildman–Crippen LogP) is -2.08. The zero-order valence-corrected chi connectivity index (χ0v) is 9.21. The van der Waals surface area contributed by atoms with Crippen LogP contribution in [0.4, 0.5) is 18.9 Å². The number of benzene rings is 1. The van der Waals surface area contributed by atoms with Crippen LogP contribution in [-0.4, -0.2) is 0 Å². The van der Waals surface area contributed by atoms with Crippen LogP contribution in [-0.2, 0) is 6.18 Å². The van der Waals surface area contributed by atoms with Gasteiger partial charge in [-0.3, -0.25) is 0 Å². The highest BCUT2D eigenvalue weighted by molar-refractivity contribution is 6.30. The van der Waals surface area contributed by atoms with Crippen LogP contribution in [0.25, 0.3) is 4.85 Å². The average molecular weight is 276 g/mol. The zero-order valence-electron chi connectivity index (χ0n) is 6.95. The Morgan fingerprint density at radius 3 is 2.13 bits per heavy atom. The van der Waals surface area contributed by atoms with E-state index < -0.39 is 17.4 Å². The lowest BCUT2D eigenvalue weighted by Gasteiger charge is -2.08. The molecule has 1 aromatic carbocycles. The molecule has 0 amide bonds. The van der Waals surface area contributed by atoms with Gasteiger partial charge in [-0.2, -0.15) is 13.2 Å². The van der Waals surface area contributed by atoms with Crippen LogP contribution >= 0.6 is 11.6 Å². The van der Waals surface area contributed by atoms with Gasteiger partial charge in [0.2, 0.25) is 0 Å². The first-order valence-electron chi connectivity index (χ1n) is 3.19. The van der Waals surface area contributed by atoms with E-state index in [1.54, 1.807) is 0 Å². The predicted molar refractivity (Wildman–Crippen MR) is 42.7 cm³/mol. The van der Waals surface area contributed by atoms with E-state index in [9.17, 15) is 13.2 Å². The maximum absolute atomic E-state index is 12.2. The SMILES string of the molecule is [C-]#[N+]c1ccc(Cl)cc1C(F)(F)F.[Cl-].[Cl-]. The molecular weight excluding hydrogens is 273 g/mol. The minimum absolute atomic E-state index is 0. The minimum Gasteiger partial charge on any atom is -1.00 e. The van der Waals surface area contributed by atoms with Crippen molar-refractivity contribution >= 4 is 17.3 Å². The van der Waals surface area contributed by atoms with E-state index in [4.69, 9.17) is 18.2 Å². The minimum atomic E-state index is -4.52. The molecule has 0 spiro atoms. The smallest absolute Gasteiger partial charge is 0.407 e. The van der Waals surface area contributed by atoms with Gasteiger partial charge in [0.25, 0.3) is 0 Å². The number of hydrogen-bond donors (Lipinski definition) is 0. The fourth-order valence-electron chi connectivity index (χ4n) is 0.833. The number of rotatable bonds is 0. The monoisotopic (exact) mass is 275 g/mol. The van der Waals surface area contributed by atoms with Crippen molar-refractivity contribution in [3.8, 4) is 0 Å². The molecule has 0 N–H and O–H groups in total. The van der Waals surface area contributed by atoms with Gasteiger partial charge in [-0.1, -0.05) is 23.7 Å². The molecule has 0 fully saturated rings. The molecule has 0 atom stereocenters. The van der Waals surface area contributed by atoms with Crippen molar-refractivity contribution in [2.45, 2.75) is 6.18 Å². The Bertz CT molecular complexity index is 370. The van der Waals surface area contributed by atoms with Crippen LogP contribution in [0.3, 0.4) is 0 Å². The van der Waals surface area contributed by atoms with Crippen LogP contribution < -0.4 is 24.8 Å². The van der Waals surface area contributed by atoms with E-state index in [1.165, 1.54) is 6.07 Å². The van der Waals surface area contributed by atoms with Gasteiger partial charge in [-0.15, -0.1) is 0 Å². The van der Waals surface area contributed by atoms with Crippen LogP contribution in [0, 0.1) is 6.57 Å². The zero-order chi connectivity index (χ0) is 10.1. The maximum Gasteiger partial charge on any atom is 0.407 e. The first kappa shape index (κ1) is 16.8. The van der Waals surface area contributed by atoms with Crippen LogP contribution in [0.15, 0.2) is 18.2 Å². The van der Waals surface area contributed by atoms with E-state index in [0.29, 0.717) is 0 Å². The molecule has 0 unspecified atom stereocenters. The number of nitrogens with zero attached hydrogens (tertiary/aromatic N) is 1.